The molecule has 1 aliphatic heterocycles. The van der Waals surface area contributed by atoms with Crippen molar-refractivity contribution >= 4 is 18.1 Å². The van der Waals surface area contributed by atoms with E-state index in [1.54, 1.807) is 12.3 Å². The predicted octanol–water partition coefficient (Wildman–Crippen LogP) is 5.54. The number of carbonyl (C=O) groups is 2. The summed E-state index contributed by atoms with van der Waals surface area (Å²) in [5.41, 5.74) is 2.52. The number of pyridine rings is 1. The third-order valence-corrected chi connectivity index (χ3v) is 8.81. The van der Waals surface area contributed by atoms with Crippen LogP contribution in [-0.4, -0.2) is 47.6 Å². The average molecular weight is 506 g/mol. The van der Waals surface area contributed by atoms with E-state index in [9.17, 15) is 14.0 Å². The summed E-state index contributed by atoms with van der Waals surface area (Å²) >= 11 is 0. The molecule has 2 amide bonds. The number of hydrogen-bond donors (Lipinski definition) is 1. The standard InChI is InChI=1S/C30H36FN3O3/c1-4-37-30(36)33-24-11-12-25-21(15-24)16-27-28(18(2)29(35)34(27)3)26(25)13-10-23-9-8-20(17-32-23)19-6-5-7-22(31)14-19/h5-10,13-14,17-18,21,24-28H,4,11-12,15-16H2,1-3H3,(H,33,36)/b13-10+/t18-,21+,24+,25-,26+,27-,28+/m1/s1. The van der Waals surface area contributed by atoms with Crippen LogP contribution in [0.4, 0.5) is 9.18 Å². The van der Waals surface area contributed by atoms with Crippen LogP contribution in [0.25, 0.3) is 17.2 Å². The molecule has 0 spiro atoms. The third kappa shape index (κ3) is 5.13. The number of amides is 2. The normalized spacial score (nSPS) is 31.2. The first kappa shape index (κ1) is 25.4. The molecule has 2 aromatic rings. The molecule has 1 saturated heterocycles. The van der Waals surface area contributed by atoms with Crippen molar-refractivity contribution in [3.05, 3.63) is 60.2 Å². The molecule has 3 fully saturated rings. The minimum Gasteiger partial charge on any atom is -0.450 e. The molecule has 0 bridgehead atoms. The second kappa shape index (κ2) is 10.6. The van der Waals surface area contributed by atoms with Gasteiger partial charge in [-0.25, -0.2) is 9.18 Å². The Bertz CT molecular complexity index is 1170. The first-order chi connectivity index (χ1) is 17.9. The van der Waals surface area contributed by atoms with Crippen LogP contribution in [0.2, 0.25) is 0 Å². The maximum absolute atomic E-state index is 13.6. The number of nitrogens with one attached hydrogen (secondary N) is 1. The summed E-state index contributed by atoms with van der Waals surface area (Å²) in [5, 5.41) is 3.04. The Morgan fingerprint density at radius 2 is 2.05 bits per heavy atom. The van der Waals surface area contributed by atoms with Crippen LogP contribution >= 0.6 is 0 Å². The van der Waals surface area contributed by atoms with E-state index >= 15 is 0 Å². The lowest BCUT2D eigenvalue weighted by Crippen LogP contribution is -2.50. The van der Waals surface area contributed by atoms with Gasteiger partial charge in [0.2, 0.25) is 5.91 Å². The van der Waals surface area contributed by atoms with Gasteiger partial charge < -0.3 is 15.0 Å². The lowest BCUT2D eigenvalue weighted by Gasteiger charge is -2.49. The first-order valence-electron chi connectivity index (χ1n) is 13.5. The van der Waals surface area contributed by atoms with Gasteiger partial charge in [-0.15, -0.1) is 0 Å². The van der Waals surface area contributed by atoms with Crippen molar-refractivity contribution in [3.63, 3.8) is 0 Å². The Morgan fingerprint density at radius 1 is 1.22 bits per heavy atom. The van der Waals surface area contributed by atoms with Gasteiger partial charge in [-0.05, 0) is 86.1 Å². The summed E-state index contributed by atoms with van der Waals surface area (Å²) in [6.07, 6.45) is 9.62. The molecule has 7 heteroatoms. The predicted molar refractivity (Wildman–Crippen MR) is 141 cm³/mol. The second-order valence-electron chi connectivity index (χ2n) is 10.8. The van der Waals surface area contributed by atoms with E-state index in [4.69, 9.17) is 4.74 Å². The van der Waals surface area contributed by atoms with Crippen LogP contribution in [0.5, 0.6) is 0 Å². The molecule has 3 aliphatic rings. The number of halogens is 1. The summed E-state index contributed by atoms with van der Waals surface area (Å²) in [6, 6.07) is 10.8. The number of ether oxygens (including phenoxy) is 1. The quantitative estimate of drug-likeness (QED) is 0.579. The lowest BCUT2D eigenvalue weighted by molar-refractivity contribution is -0.130. The number of rotatable bonds is 5. The van der Waals surface area contributed by atoms with E-state index < -0.39 is 0 Å². The number of carbonyl (C=O) groups excluding carboxylic acids is 2. The molecule has 37 heavy (non-hydrogen) atoms. The third-order valence-electron chi connectivity index (χ3n) is 8.81. The van der Waals surface area contributed by atoms with E-state index in [0.29, 0.717) is 18.4 Å². The van der Waals surface area contributed by atoms with Crippen molar-refractivity contribution < 1.29 is 18.7 Å². The minimum absolute atomic E-state index is 0.00991. The van der Waals surface area contributed by atoms with Gasteiger partial charge in [0.15, 0.2) is 0 Å². The SMILES string of the molecule is CCOC(=O)N[C@H]1CC[C@@H]2[C@@H](C1)C[C@@H]1[C@H]([C@H]2/C=C/c2ccc(-c3cccc(F)c3)cn2)[C@@H](C)C(=O)N1C. The van der Waals surface area contributed by atoms with Gasteiger partial charge in [0, 0.05) is 36.8 Å². The van der Waals surface area contributed by atoms with Crippen LogP contribution in [0, 0.1) is 35.4 Å². The highest BCUT2D eigenvalue weighted by molar-refractivity contribution is 5.81. The largest absolute Gasteiger partial charge is 0.450 e. The molecule has 0 unspecified atom stereocenters. The Balaban J connectivity index is 1.36. The number of allylic oxidation sites excluding steroid dienone is 1. The summed E-state index contributed by atoms with van der Waals surface area (Å²) in [6.45, 7) is 4.25. The zero-order valence-corrected chi connectivity index (χ0v) is 21.8. The molecule has 2 heterocycles. The van der Waals surface area contributed by atoms with E-state index in [-0.39, 0.29) is 47.7 Å². The minimum atomic E-state index is -0.342. The number of benzene rings is 1. The fraction of sp³-hybridized carbons (Fsp3) is 0.500. The number of likely N-dealkylation sites (tertiary alicyclic amines) is 1. The molecule has 0 radical (unpaired) electrons. The van der Waals surface area contributed by atoms with E-state index in [1.807, 2.05) is 37.1 Å². The molecular weight excluding hydrogens is 469 g/mol. The van der Waals surface area contributed by atoms with Gasteiger partial charge in [-0.2, -0.15) is 0 Å². The van der Waals surface area contributed by atoms with Gasteiger partial charge in [-0.1, -0.05) is 31.2 Å². The summed E-state index contributed by atoms with van der Waals surface area (Å²) in [4.78, 5) is 31.6. The summed E-state index contributed by atoms with van der Waals surface area (Å²) in [5.74, 6) is 1.39. The highest BCUT2D eigenvalue weighted by Crippen LogP contribution is 2.53. The Kier molecular flexibility index (Phi) is 7.31. The number of aromatic nitrogens is 1. The zero-order valence-electron chi connectivity index (χ0n) is 21.8. The molecule has 1 aromatic carbocycles. The zero-order chi connectivity index (χ0) is 26.1. The number of hydrogen-bond acceptors (Lipinski definition) is 4. The van der Waals surface area contributed by atoms with Crippen molar-refractivity contribution in [1.82, 2.24) is 15.2 Å². The highest BCUT2D eigenvalue weighted by Gasteiger charge is 2.54. The van der Waals surface area contributed by atoms with Crippen LogP contribution in [0.1, 0.15) is 45.2 Å². The fourth-order valence-electron chi connectivity index (χ4n) is 7.10. The maximum atomic E-state index is 13.6. The molecule has 7 atom stereocenters. The van der Waals surface area contributed by atoms with Crippen molar-refractivity contribution in [2.45, 2.75) is 51.6 Å². The van der Waals surface area contributed by atoms with Crippen LogP contribution < -0.4 is 5.32 Å². The number of alkyl carbamates (subject to hydrolysis) is 1. The van der Waals surface area contributed by atoms with Crippen LogP contribution in [0.3, 0.4) is 0 Å². The van der Waals surface area contributed by atoms with Crippen molar-refractivity contribution in [2.24, 2.45) is 29.6 Å². The highest BCUT2D eigenvalue weighted by atomic mass is 19.1. The van der Waals surface area contributed by atoms with Gasteiger partial charge in [0.25, 0.3) is 0 Å². The monoisotopic (exact) mass is 505 g/mol. The topological polar surface area (TPSA) is 71.5 Å². The molecule has 2 saturated carbocycles. The number of nitrogens with zero attached hydrogens (tertiary/aromatic N) is 2. The van der Waals surface area contributed by atoms with Crippen LogP contribution in [-0.2, 0) is 9.53 Å². The first-order valence-corrected chi connectivity index (χ1v) is 13.5. The smallest absolute Gasteiger partial charge is 0.407 e. The van der Waals surface area contributed by atoms with Gasteiger partial charge in [0.05, 0.1) is 12.3 Å². The fourth-order valence-corrected chi connectivity index (χ4v) is 7.10. The van der Waals surface area contributed by atoms with Crippen molar-refractivity contribution in [2.75, 3.05) is 13.7 Å². The maximum Gasteiger partial charge on any atom is 0.407 e. The molecule has 6 nitrogen and oxygen atoms in total. The van der Waals surface area contributed by atoms with Crippen molar-refractivity contribution in [3.8, 4) is 11.1 Å². The molecule has 196 valence electrons. The van der Waals surface area contributed by atoms with Crippen LogP contribution in [0.15, 0.2) is 48.7 Å². The molecular formula is C30H36FN3O3. The Morgan fingerprint density at radius 3 is 2.78 bits per heavy atom. The summed E-state index contributed by atoms with van der Waals surface area (Å²) in [7, 11) is 1.94. The molecule has 5 rings (SSSR count). The lowest BCUT2D eigenvalue weighted by atomic mass is 9.57. The van der Waals surface area contributed by atoms with Gasteiger partial charge >= 0.3 is 6.09 Å². The molecule has 1 N–H and O–H groups in total. The second-order valence-corrected chi connectivity index (χ2v) is 10.8. The van der Waals surface area contributed by atoms with E-state index in [0.717, 1.165) is 42.5 Å². The van der Waals surface area contributed by atoms with Gasteiger partial charge in [-0.3, -0.25) is 9.78 Å². The summed E-state index contributed by atoms with van der Waals surface area (Å²) < 4.78 is 18.7. The molecule has 2 aliphatic carbocycles. The van der Waals surface area contributed by atoms with E-state index in [2.05, 4.69) is 29.4 Å². The Hall–Kier alpha value is -3.22. The Labute approximate surface area is 218 Å². The van der Waals surface area contributed by atoms with E-state index in [1.165, 1.54) is 12.1 Å². The average Bonchev–Trinajstić information content (AvgIpc) is 3.10. The molecule has 1 aromatic heterocycles. The van der Waals surface area contributed by atoms with Crippen molar-refractivity contribution in [1.29, 1.82) is 0 Å². The van der Waals surface area contributed by atoms with Gasteiger partial charge in [0.1, 0.15) is 5.82 Å². The number of fused-ring (bicyclic) bond motifs is 2.